The molecule has 0 radical (unpaired) electrons. The number of nitrogens with one attached hydrogen (secondary N) is 3. The summed E-state index contributed by atoms with van der Waals surface area (Å²) in [6.07, 6.45) is 2.68. The van der Waals surface area contributed by atoms with Gasteiger partial charge in [-0.05, 0) is 97.9 Å². The van der Waals surface area contributed by atoms with E-state index in [0.29, 0.717) is 31.6 Å². The quantitative estimate of drug-likeness (QED) is 0.0303. The molecule has 16 heteroatoms. The minimum Gasteiger partial charge on any atom is -0.494 e. The number of carboxylic acid groups (broad SMARTS) is 1. The fourth-order valence-electron chi connectivity index (χ4n) is 6.32. The van der Waals surface area contributed by atoms with Crippen molar-refractivity contribution in [2.75, 3.05) is 19.8 Å². The summed E-state index contributed by atoms with van der Waals surface area (Å²) in [5.74, 6) is -4.13. The van der Waals surface area contributed by atoms with Crippen LogP contribution in [-0.2, 0) is 43.2 Å². The molecule has 9 N–H and O–H groups in total. The van der Waals surface area contributed by atoms with E-state index in [-0.39, 0.29) is 12.8 Å². The lowest BCUT2D eigenvalue weighted by Gasteiger charge is -2.25. The Hall–Kier alpha value is -5.96. The number of aliphatic hydroxyl groups is 1. The number of primary amides is 1. The van der Waals surface area contributed by atoms with Gasteiger partial charge in [-0.25, -0.2) is 0 Å². The Morgan fingerprint density at radius 3 is 2.11 bits per heavy atom. The lowest BCUT2D eigenvalue weighted by Crippen LogP contribution is -2.58. The van der Waals surface area contributed by atoms with Crippen molar-refractivity contribution in [2.45, 2.75) is 96.3 Å². The number of nitrogens with zero attached hydrogens (tertiary/aromatic N) is 3. The zero-order valence-corrected chi connectivity index (χ0v) is 32.7. The van der Waals surface area contributed by atoms with Crippen molar-refractivity contribution in [3.8, 4) is 16.9 Å². The van der Waals surface area contributed by atoms with Gasteiger partial charge in [0.2, 0.25) is 23.6 Å². The summed E-state index contributed by atoms with van der Waals surface area (Å²) >= 11 is 0. The first kappa shape index (κ1) is 45.4. The molecule has 0 fully saturated rings. The maximum Gasteiger partial charge on any atom is 0.305 e. The van der Waals surface area contributed by atoms with Gasteiger partial charge in [-0.2, -0.15) is 0 Å². The van der Waals surface area contributed by atoms with Crippen molar-refractivity contribution in [1.29, 1.82) is 0 Å². The number of azide groups is 1. The van der Waals surface area contributed by atoms with Gasteiger partial charge in [0.15, 0.2) is 0 Å². The molecule has 16 nitrogen and oxygen atoms in total. The predicted molar refractivity (Wildman–Crippen MR) is 215 cm³/mol. The molecule has 0 saturated heterocycles. The molecule has 0 saturated carbocycles. The van der Waals surface area contributed by atoms with Crippen LogP contribution in [0.3, 0.4) is 0 Å². The first-order valence-corrected chi connectivity index (χ1v) is 19.0. The topological polar surface area (TPSA) is 272 Å². The van der Waals surface area contributed by atoms with Crippen molar-refractivity contribution >= 4 is 29.6 Å². The van der Waals surface area contributed by atoms with Crippen LogP contribution in [0.15, 0.2) is 65.8 Å². The summed E-state index contributed by atoms with van der Waals surface area (Å²) in [5.41, 5.74) is 26.5. The normalized spacial score (nSPS) is 12.9. The molecular weight excluding hydrogens is 732 g/mol. The third kappa shape index (κ3) is 15.2. The highest BCUT2D eigenvalue weighted by atomic mass is 16.5. The highest BCUT2D eigenvalue weighted by Crippen LogP contribution is 2.29. The van der Waals surface area contributed by atoms with E-state index < -0.39 is 66.8 Å². The number of unbranched alkanes of at least 4 members (excludes halogenated alkanes) is 1. The summed E-state index contributed by atoms with van der Waals surface area (Å²) in [7, 11) is 0. The van der Waals surface area contributed by atoms with E-state index >= 15 is 0 Å². The lowest BCUT2D eigenvalue weighted by atomic mass is 9.95. The van der Waals surface area contributed by atoms with Gasteiger partial charge in [-0.3, -0.25) is 24.0 Å². The minimum absolute atomic E-state index is 0.0666. The van der Waals surface area contributed by atoms with Crippen LogP contribution in [0, 0.1) is 13.8 Å². The molecule has 0 bridgehead atoms. The van der Waals surface area contributed by atoms with Gasteiger partial charge in [-0.1, -0.05) is 71.7 Å². The average molecular weight is 787 g/mol. The molecule has 4 atom stereocenters. The highest BCUT2D eigenvalue weighted by molar-refractivity contribution is 5.96. The fourth-order valence-corrected chi connectivity index (χ4v) is 6.32. The Morgan fingerprint density at radius 1 is 0.842 bits per heavy atom. The average Bonchev–Trinajstić information content (AvgIpc) is 3.17. The third-order valence-corrected chi connectivity index (χ3v) is 9.22. The second-order valence-corrected chi connectivity index (χ2v) is 13.9. The van der Waals surface area contributed by atoms with Crippen LogP contribution in [0.4, 0.5) is 0 Å². The summed E-state index contributed by atoms with van der Waals surface area (Å²) in [6.45, 7) is 6.18. The van der Waals surface area contributed by atoms with Crippen LogP contribution in [0.25, 0.3) is 21.6 Å². The molecule has 0 spiro atoms. The summed E-state index contributed by atoms with van der Waals surface area (Å²) in [4.78, 5) is 66.7. The van der Waals surface area contributed by atoms with Crippen LogP contribution < -0.4 is 32.2 Å². The molecule has 0 heterocycles. The first-order valence-electron chi connectivity index (χ1n) is 19.0. The monoisotopic (exact) mass is 786 g/mol. The summed E-state index contributed by atoms with van der Waals surface area (Å²) in [6, 6.07) is 13.9. The van der Waals surface area contributed by atoms with Crippen LogP contribution >= 0.6 is 0 Å². The fraction of sp³-hybridized carbons (Fsp3) is 0.439. The van der Waals surface area contributed by atoms with Crippen LogP contribution in [0.5, 0.6) is 5.75 Å². The number of aliphatic hydroxyl groups excluding tert-OH is 1. The zero-order valence-electron chi connectivity index (χ0n) is 32.7. The van der Waals surface area contributed by atoms with E-state index in [1.807, 2.05) is 63.2 Å². The number of hydrogen-bond acceptors (Lipinski definition) is 9. The molecule has 0 unspecified atom stereocenters. The number of aliphatic carboxylic acids is 1. The smallest absolute Gasteiger partial charge is 0.305 e. The molecule has 0 aromatic heterocycles. The zero-order chi connectivity index (χ0) is 41.9. The number of rotatable bonds is 24. The Balaban J connectivity index is 1.83. The van der Waals surface area contributed by atoms with Crippen LogP contribution in [-0.4, -0.2) is 83.7 Å². The molecule has 0 aliphatic carbocycles. The minimum atomic E-state index is -1.63. The number of amides is 4. The molecule has 3 aromatic carbocycles. The molecule has 0 aliphatic heterocycles. The van der Waals surface area contributed by atoms with E-state index in [1.165, 1.54) is 0 Å². The summed E-state index contributed by atoms with van der Waals surface area (Å²) in [5, 5.41) is 29.7. The van der Waals surface area contributed by atoms with Gasteiger partial charge in [0.05, 0.1) is 19.6 Å². The molecule has 4 amide bonds. The summed E-state index contributed by atoms with van der Waals surface area (Å²) < 4.78 is 5.90. The van der Waals surface area contributed by atoms with Gasteiger partial charge in [0, 0.05) is 17.9 Å². The van der Waals surface area contributed by atoms with E-state index in [2.05, 4.69) is 32.0 Å². The Kier molecular flexibility index (Phi) is 18.5. The van der Waals surface area contributed by atoms with E-state index in [0.717, 1.165) is 58.4 Å². The standard InChI is InChI=1S/C41H54N8O8/c1-4-29-22-31(57-17-6-5-16-45-49-44)14-15-32(29)30-12-10-27(11-13-30)21-35(48-41(56)36(23-37(51)52)47-39(54)33(42)24-50)40(55)46-34(38(43)53)9-7-8-28-19-25(2)18-26(3)20-28/h10-15,18-20,22,33-36,50H,4-9,16-17,21,23-24,42H2,1-3H3,(H2,43,53)(H,46,55)(H,47,54)(H,48,56)(H,51,52)/t33-,34-,35-,36-/m0/s1. The molecule has 3 rings (SSSR count). The molecule has 306 valence electrons. The second-order valence-electron chi connectivity index (χ2n) is 13.9. The lowest BCUT2D eigenvalue weighted by molar-refractivity contribution is -0.141. The largest absolute Gasteiger partial charge is 0.494 e. The first-order chi connectivity index (χ1) is 27.2. The number of carbonyl (C=O) groups excluding carboxylic acids is 4. The van der Waals surface area contributed by atoms with Gasteiger partial charge >= 0.3 is 5.97 Å². The number of ether oxygens (including phenoxy) is 1. The van der Waals surface area contributed by atoms with E-state index in [1.54, 1.807) is 12.1 Å². The molecule has 0 aliphatic rings. The number of aryl methyl sites for hydroxylation is 4. The highest BCUT2D eigenvalue weighted by Gasteiger charge is 2.31. The number of benzene rings is 3. The van der Waals surface area contributed by atoms with Gasteiger partial charge < -0.3 is 42.4 Å². The van der Waals surface area contributed by atoms with E-state index in [4.69, 9.17) is 21.7 Å². The second kappa shape index (κ2) is 23.2. The van der Waals surface area contributed by atoms with Crippen molar-refractivity contribution in [3.63, 3.8) is 0 Å². The van der Waals surface area contributed by atoms with Crippen molar-refractivity contribution < 1.29 is 38.9 Å². The Morgan fingerprint density at radius 2 is 1.49 bits per heavy atom. The number of nitrogens with two attached hydrogens (primary N) is 2. The maximum absolute atomic E-state index is 13.9. The number of carboxylic acids is 1. The van der Waals surface area contributed by atoms with Crippen molar-refractivity contribution in [3.05, 3.63) is 98.9 Å². The Bertz CT molecular complexity index is 1880. The Labute approximate surface area is 332 Å². The van der Waals surface area contributed by atoms with Crippen molar-refractivity contribution in [1.82, 2.24) is 16.0 Å². The molecule has 57 heavy (non-hydrogen) atoms. The van der Waals surface area contributed by atoms with Crippen LogP contribution in [0.2, 0.25) is 0 Å². The molecular formula is C41H54N8O8. The van der Waals surface area contributed by atoms with E-state index in [9.17, 15) is 34.2 Å². The predicted octanol–water partition coefficient (Wildman–Crippen LogP) is 3.30. The number of carbonyl (C=O) groups is 5. The molecule has 3 aromatic rings. The van der Waals surface area contributed by atoms with Crippen molar-refractivity contribution in [2.24, 2.45) is 16.6 Å². The maximum atomic E-state index is 13.9. The van der Waals surface area contributed by atoms with Gasteiger partial charge in [0.1, 0.15) is 29.9 Å². The van der Waals surface area contributed by atoms with Gasteiger partial charge in [-0.15, -0.1) is 0 Å². The number of hydrogen-bond donors (Lipinski definition) is 7. The SMILES string of the molecule is CCc1cc(OCCCCN=[N+]=[N-])ccc1-c1ccc(C[C@H](NC(=O)[C@H](CC(=O)O)NC(=O)[C@@H](N)CO)C(=O)N[C@@H](CCCc2cc(C)cc(C)c2)C(N)=O)cc1. The van der Waals surface area contributed by atoms with Crippen LogP contribution in [0.1, 0.15) is 66.8 Å². The van der Waals surface area contributed by atoms with Gasteiger partial charge in [0.25, 0.3) is 0 Å². The third-order valence-electron chi connectivity index (χ3n) is 9.22.